The average molecular weight is 293 g/mol. The number of amides is 1. The Labute approximate surface area is 120 Å². The molecular weight excluding hydrogens is 278 g/mol. The van der Waals surface area contributed by atoms with Crippen molar-refractivity contribution in [2.75, 3.05) is 0 Å². The third kappa shape index (κ3) is 3.71. The Hall–Kier alpha value is -2.08. The van der Waals surface area contributed by atoms with Crippen molar-refractivity contribution >= 4 is 23.2 Å². The molecule has 0 radical (unpaired) electrons. The van der Waals surface area contributed by atoms with Gasteiger partial charge in [-0.3, -0.25) is 4.79 Å². The molecule has 0 spiro atoms. The maximum atomic E-state index is 11.8. The van der Waals surface area contributed by atoms with Crippen LogP contribution < -0.4 is 5.32 Å². The number of thiophene rings is 1. The number of furan rings is 1. The van der Waals surface area contributed by atoms with Gasteiger partial charge in [-0.2, -0.15) is 0 Å². The predicted octanol–water partition coefficient (Wildman–Crippen LogP) is 2.51. The second-order valence-electron chi connectivity index (χ2n) is 4.26. The Bertz CT molecular complexity index is 588. The molecule has 2 aromatic heterocycles. The van der Waals surface area contributed by atoms with Crippen molar-refractivity contribution in [3.63, 3.8) is 0 Å². The van der Waals surface area contributed by atoms with Crippen molar-refractivity contribution in [1.29, 1.82) is 0 Å². The molecule has 0 aromatic carbocycles. The van der Waals surface area contributed by atoms with E-state index >= 15 is 0 Å². The Kier molecular flexibility index (Phi) is 4.57. The van der Waals surface area contributed by atoms with Crippen LogP contribution in [0.5, 0.6) is 0 Å². The zero-order chi connectivity index (χ0) is 14.5. The minimum atomic E-state index is -0.847. The summed E-state index contributed by atoms with van der Waals surface area (Å²) in [4.78, 5) is 25.1. The van der Waals surface area contributed by atoms with Crippen molar-refractivity contribution < 1.29 is 18.7 Å². The number of esters is 1. The molecule has 0 bridgehead atoms. The normalized spacial score (nSPS) is 11.9. The van der Waals surface area contributed by atoms with Crippen LogP contribution in [0.1, 0.15) is 27.2 Å². The van der Waals surface area contributed by atoms with Crippen LogP contribution >= 0.6 is 11.3 Å². The molecule has 0 aliphatic carbocycles. The molecular formula is C14H15NO4S. The van der Waals surface area contributed by atoms with Crippen molar-refractivity contribution in [1.82, 2.24) is 5.32 Å². The maximum absolute atomic E-state index is 11.8. The highest BCUT2D eigenvalue weighted by molar-refractivity contribution is 7.13. The van der Waals surface area contributed by atoms with Gasteiger partial charge in [0.2, 0.25) is 0 Å². The molecule has 2 aromatic rings. The summed E-state index contributed by atoms with van der Waals surface area (Å²) < 4.78 is 10.2. The second kappa shape index (κ2) is 6.38. The third-order valence-electron chi connectivity index (χ3n) is 2.61. The summed E-state index contributed by atoms with van der Waals surface area (Å²) in [5, 5.41) is 2.64. The number of rotatable bonds is 5. The van der Waals surface area contributed by atoms with Gasteiger partial charge in [-0.25, -0.2) is 4.79 Å². The smallest absolute Gasteiger partial charge is 0.349 e. The maximum Gasteiger partial charge on any atom is 0.349 e. The Morgan fingerprint density at radius 3 is 2.80 bits per heavy atom. The summed E-state index contributed by atoms with van der Waals surface area (Å²) in [7, 11) is 0. The minimum Gasteiger partial charge on any atom is -0.467 e. The van der Waals surface area contributed by atoms with Crippen molar-refractivity contribution in [3.8, 4) is 0 Å². The zero-order valence-electron chi connectivity index (χ0n) is 11.2. The zero-order valence-corrected chi connectivity index (χ0v) is 12.0. The van der Waals surface area contributed by atoms with E-state index in [1.54, 1.807) is 18.2 Å². The Morgan fingerprint density at radius 1 is 1.40 bits per heavy atom. The number of carbonyl (C=O) groups is 2. The molecule has 0 saturated heterocycles. The molecule has 0 aliphatic heterocycles. The van der Waals surface area contributed by atoms with Gasteiger partial charge in [-0.15, -0.1) is 11.3 Å². The topological polar surface area (TPSA) is 68.5 Å². The van der Waals surface area contributed by atoms with Crippen LogP contribution in [-0.4, -0.2) is 18.0 Å². The lowest BCUT2D eigenvalue weighted by atomic mass is 10.3. The van der Waals surface area contributed by atoms with Gasteiger partial charge in [0, 0.05) is 4.88 Å². The first kappa shape index (κ1) is 14.3. The van der Waals surface area contributed by atoms with E-state index in [2.05, 4.69) is 5.32 Å². The quantitative estimate of drug-likeness (QED) is 0.860. The van der Waals surface area contributed by atoms with Crippen molar-refractivity contribution in [2.24, 2.45) is 0 Å². The second-order valence-corrected chi connectivity index (χ2v) is 5.54. The highest BCUT2D eigenvalue weighted by atomic mass is 32.1. The molecule has 0 aliphatic rings. The molecule has 106 valence electrons. The minimum absolute atomic E-state index is 0.270. The molecule has 0 unspecified atom stereocenters. The average Bonchev–Trinajstić information content (AvgIpc) is 3.06. The van der Waals surface area contributed by atoms with E-state index < -0.39 is 12.1 Å². The number of nitrogens with one attached hydrogen (secondary N) is 1. The highest BCUT2D eigenvalue weighted by Gasteiger charge is 2.19. The largest absolute Gasteiger partial charge is 0.467 e. The van der Waals surface area contributed by atoms with Crippen LogP contribution in [-0.2, 0) is 16.1 Å². The van der Waals surface area contributed by atoms with Gasteiger partial charge in [0.1, 0.15) is 10.6 Å². The van der Waals surface area contributed by atoms with Crippen LogP contribution in [0, 0.1) is 6.92 Å². The first-order chi connectivity index (χ1) is 9.56. The van der Waals surface area contributed by atoms with Gasteiger partial charge in [-0.05, 0) is 38.1 Å². The summed E-state index contributed by atoms with van der Waals surface area (Å²) >= 11 is 1.34. The van der Waals surface area contributed by atoms with E-state index in [1.807, 2.05) is 13.0 Å². The monoisotopic (exact) mass is 293 g/mol. The lowest BCUT2D eigenvalue weighted by molar-refractivity contribution is -0.129. The summed E-state index contributed by atoms with van der Waals surface area (Å²) in [5.41, 5.74) is 0. The molecule has 0 fully saturated rings. The fourth-order valence-electron chi connectivity index (χ4n) is 1.55. The van der Waals surface area contributed by atoms with Crippen LogP contribution in [0.25, 0.3) is 0 Å². The van der Waals surface area contributed by atoms with Gasteiger partial charge in [0.15, 0.2) is 6.10 Å². The molecule has 1 atom stereocenters. The van der Waals surface area contributed by atoms with Crippen LogP contribution in [0.2, 0.25) is 0 Å². The number of hydrogen-bond acceptors (Lipinski definition) is 5. The summed E-state index contributed by atoms with van der Waals surface area (Å²) in [5.74, 6) is -0.197. The van der Waals surface area contributed by atoms with Crippen LogP contribution in [0.15, 0.2) is 34.9 Å². The van der Waals surface area contributed by atoms with Crippen molar-refractivity contribution in [2.45, 2.75) is 26.5 Å². The summed E-state index contributed by atoms with van der Waals surface area (Å²) in [6.45, 7) is 3.71. The first-order valence-electron chi connectivity index (χ1n) is 6.14. The Morgan fingerprint density at radius 2 is 2.20 bits per heavy atom. The first-order valence-corrected chi connectivity index (χ1v) is 6.95. The summed E-state index contributed by atoms with van der Waals surface area (Å²) in [6, 6.07) is 7.02. The molecule has 6 heteroatoms. The SMILES string of the molecule is Cc1ccc(C(=O)O[C@@H](C)C(=O)NCc2ccco2)s1. The molecule has 1 amide bonds. The van der Waals surface area contributed by atoms with Gasteiger partial charge in [0.25, 0.3) is 5.91 Å². The number of ether oxygens (including phenoxy) is 1. The van der Waals surface area contributed by atoms with Crippen LogP contribution in [0.4, 0.5) is 0 Å². The fourth-order valence-corrected chi connectivity index (χ4v) is 2.30. The lowest BCUT2D eigenvalue weighted by Crippen LogP contribution is -2.35. The molecule has 2 heterocycles. The van der Waals surface area contributed by atoms with E-state index in [4.69, 9.17) is 9.15 Å². The molecule has 20 heavy (non-hydrogen) atoms. The van der Waals surface area contributed by atoms with Crippen LogP contribution in [0.3, 0.4) is 0 Å². The third-order valence-corrected chi connectivity index (χ3v) is 3.59. The van der Waals surface area contributed by atoms with E-state index in [-0.39, 0.29) is 12.5 Å². The van der Waals surface area contributed by atoms with Crippen molar-refractivity contribution in [3.05, 3.63) is 46.0 Å². The van der Waals surface area contributed by atoms with E-state index in [0.717, 1.165) is 4.88 Å². The van der Waals surface area contributed by atoms with E-state index in [9.17, 15) is 9.59 Å². The van der Waals surface area contributed by atoms with Gasteiger partial charge in [0.05, 0.1) is 12.8 Å². The highest BCUT2D eigenvalue weighted by Crippen LogP contribution is 2.16. The van der Waals surface area contributed by atoms with Gasteiger partial charge >= 0.3 is 5.97 Å². The number of hydrogen-bond donors (Lipinski definition) is 1. The molecule has 5 nitrogen and oxygen atoms in total. The number of carbonyl (C=O) groups excluding carboxylic acids is 2. The predicted molar refractivity (Wildman–Crippen MR) is 74.5 cm³/mol. The van der Waals surface area contributed by atoms with E-state index in [1.165, 1.54) is 24.5 Å². The summed E-state index contributed by atoms with van der Waals surface area (Å²) in [6.07, 6.45) is 0.684. The van der Waals surface area contributed by atoms with E-state index in [0.29, 0.717) is 10.6 Å². The standard InChI is InChI=1S/C14H15NO4S/c1-9-5-6-12(20-9)14(17)19-10(2)13(16)15-8-11-4-3-7-18-11/h3-7,10H,8H2,1-2H3,(H,15,16)/t10-/m0/s1. The molecule has 2 rings (SSSR count). The molecule has 1 N–H and O–H groups in total. The Balaban J connectivity index is 1.83. The number of aryl methyl sites for hydroxylation is 1. The molecule has 0 saturated carbocycles. The fraction of sp³-hybridized carbons (Fsp3) is 0.286. The lowest BCUT2D eigenvalue weighted by Gasteiger charge is -2.12. The van der Waals surface area contributed by atoms with Gasteiger partial charge < -0.3 is 14.5 Å². The van der Waals surface area contributed by atoms with Gasteiger partial charge in [-0.1, -0.05) is 0 Å².